The van der Waals surface area contributed by atoms with Crippen molar-refractivity contribution in [1.29, 1.82) is 0 Å². The van der Waals surface area contributed by atoms with Crippen LogP contribution in [0, 0.1) is 12.8 Å². The summed E-state index contributed by atoms with van der Waals surface area (Å²) in [5.41, 5.74) is 2.30. The number of ether oxygens (including phenoxy) is 1. The van der Waals surface area contributed by atoms with Crippen LogP contribution in [0.25, 0.3) is 0 Å². The summed E-state index contributed by atoms with van der Waals surface area (Å²) in [6.07, 6.45) is 0.336. The molecule has 3 atom stereocenters. The second kappa shape index (κ2) is 10.4. The number of anilines is 2. The number of nitrogens with one attached hydrogen (secondary N) is 3. The van der Waals surface area contributed by atoms with E-state index in [9.17, 15) is 14.4 Å². The summed E-state index contributed by atoms with van der Waals surface area (Å²) in [4.78, 5) is 44.5. The number of hydrogen-bond donors (Lipinski definition) is 3. The number of benzene rings is 1. The third-order valence-electron chi connectivity index (χ3n) is 5.70. The molecule has 33 heavy (non-hydrogen) atoms. The molecule has 2 heterocycles. The maximum Gasteiger partial charge on any atom is 0.413 e. The number of likely N-dealkylation sites (N-methyl/N-ethyl adjacent to an activating group) is 1. The number of para-hydroxylation sites is 1. The zero-order valence-electron chi connectivity index (χ0n) is 19.6. The molecule has 0 spiro atoms. The molecule has 9 nitrogen and oxygen atoms in total. The molecule has 0 unspecified atom stereocenters. The Labute approximate surface area is 193 Å². The van der Waals surface area contributed by atoms with Crippen LogP contribution in [0.1, 0.15) is 31.9 Å². The molecule has 1 aromatic carbocycles. The Morgan fingerprint density at radius 3 is 2.52 bits per heavy atom. The number of hydrogen-bond acceptors (Lipinski definition) is 6. The number of aryl methyl sites for hydroxylation is 1. The fraction of sp³-hybridized carbons (Fsp3) is 0.417. The lowest BCUT2D eigenvalue weighted by Crippen LogP contribution is -2.56. The number of rotatable bonds is 7. The van der Waals surface area contributed by atoms with Gasteiger partial charge in [0.1, 0.15) is 11.9 Å². The second-order valence-corrected chi connectivity index (χ2v) is 8.44. The minimum Gasteiger partial charge on any atom is -0.424 e. The summed E-state index contributed by atoms with van der Waals surface area (Å²) >= 11 is 0. The topological polar surface area (TPSA) is 113 Å². The smallest absolute Gasteiger partial charge is 0.413 e. The maximum atomic E-state index is 13.6. The third-order valence-corrected chi connectivity index (χ3v) is 5.70. The van der Waals surface area contributed by atoms with Crippen molar-refractivity contribution in [2.75, 3.05) is 17.3 Å². The molecule has 0 saturated carbocycles. The van der Waals surface area contributed by atoms with Crippen LogP contribution in [0.15, 0.2) is 42.6 Å². The van der Waals surface area contributed by atoms with Crippen LogP contribution in [-0.4, -0.2) is 48.3 Å². The van der Waals surface area contributed by atoms with E-state index in [1.807, 2.05) is 45.0 Å². The van der Waals surface area contributed by atoms with Gasteiger partial charge in [-0.15, -0.1) is 0 Å². The summed E-state index contributed by atoms with van der Waals surface area (Å²) in [5.74, 6) is -0.440. The van der Waals surface area contributed by atoms with E-state index in [1.165, 1.54) is 4.90 Å². The van der Waals surface area contributed by atoms with Gasteiger partial charge in [0.15, 0.2) is 6.23 Å². The Kier molecular flexibility index (Phi) is 7.65. The molecule has 0 aliphatic carbocycles. The van der Waals surface area contributed by atoms with Crippen LogP contribution < -0.4 is 20.9 Å². The molecule has 0 fully saturated rings. The standard InChI is InChI=1S/C24H31N5O4/c1-14(2)20(28-22(30)16(4)25-5)23(31)29-19(13-17-10-8-12-26-21(17)29)33-24(32)27-18-11-7-6-9-15(18)3/h6-12,14,16,19-20,25H,13H2,1-5H3,(H,27,32)(H,28,30)/t16-,19-,20-/m0/s1. The van der Waals surface area contributed by atoms with Gasteiger partial charge in [0.05, 0.1) is 6.04 Å². The molecular weight excluding hydrogens is 422 g/mol. The van der Waals surface area contributed by atoms with Crippen molar-refractivity contribution in [2.45, 2.75) is 52.4 Å². The van der Waals surface area contributed by atoms with Gasteiger partial charge < -0.3 is 15.4 Å². The lowest BCUT2D eigenvalue weighted by Gasteiger charge is -2.31. The van der Waals surface area contributed by atoms with E-state index < -0.39 is 24.4 Å². The van der Waals surface area contributed by atoms with Gasteiger partial charge in [0.25, 0.3) is 5.91 Å². The first-order valence-corrected chi connectivity index (χ1v) is 11.0. The molecule has 0 radical (unpaired) electrons. The SMILES string of the molecule is CN[C@@H](C)C(=O)N[C@H](C(=O)N1c2ncccc2C[C@@H]1OC(=O)Nc1ccccc1C)C(C)C. The molecule has 0 bridgehead atoms. The van der Waals surface area contributed by atoms with E-state index >= 15 is 0 Å². The van der Waals surface area contributed by atoms with Crippen molar-refractivity contribution < 1.29 is 19.1 Å². The first kappa shape index (κ1) is 24.2. The van der Waals surface area contributed by atoms with Crippen molar-refractivity contribution in [1.82, 2.24) is 15.6 Å². The number of carbonyl (C=O) groups excluding carboxylic acids is 3. The van der Waals surface area contributed by atoms with Crippen molar-refractivity contribution in [3.63, 3.8) is 0 Å². The van der Waals surface area contributed by atoms with Crippen LogP contribution in [0.4, 0.5) is 16.3 Å². The highest BCUT2D eigenvalue weighted by Crippen LogP contribution is 2.32. The zero-order valence-corrected chi connectivity index (χ0v) is 19.6. The Hall–Kier alpha value is -3.46. The fourth-order valence-corrected chi connectivity index (χ4v) is 3.61. The summed E-state index contributed by atoms with van der Waals surface area (Å²) in [6.45, 7) is 7.29. The van der Waals surface area contributed by atoms with Crippen LogP contribution in [0.3, 0.4) is 0 Å². The summed E-state index contributed by atoms with van der Waals surface area (Å²) in [7, 11) is 1.67. The minimum absolute atomic E-state index is 0.195. The number of pyridine rings is 1. The molecule has 0 saturated heterocycles. The molecule has 176 valence electrons. The van der Waals surface area contributed by atoms with Gasteiger partial charge in [-0.3, -0.25) is 19.8 Å². The number of carbonyl (C=O) groups is 3. The van der Waals surface area contributed by atoms with Crippen molar-refractivity contribution in [3.05, 3.63) is 53.7 Å². The molecule has 1 aliphatic heterocycles. The largest absolute Gasteiger partial charge is 0.424 e. The Morgan fingerprint density at radius 2 is 1.85 bits per heavy atom. The highest BCUT2D eigenvalue weighted by molar-refractivity contribution is 6.01. The van der Waals surface area contributed by atoms with Gasteiger partial charge in [-0.25, -0.2) is 9.78 Å². The van der Waals surface area contributed by atoms with Gasteiger partial charge in [0.2, 0.25) is 5.91 Å². The van der Waals surface area contributed by atoms with Crippen LogP contribution >= 0.6 is 0 Å². The predicted molar refractivity (Wildman–Crippen MR) is 126 cm³/mol. The monoisotopic (exact) mass is 453 g/mol. The third kappa shape index (κ3) is 5.48. The average molecular weight is 454 g/mol. The maximum absolute atomic E-state index is 13.6. The quantitative estimate of drug-likeness (QED) is 0.594. The van der Waals surface area contributed by atoms with E-state index in [-0.39, 0.29) is 17.7 Å². The molecule has 1 aliphatic rings. The molecule has 3 rings (SSSR count). The van der Waals surface area contributed by atoms with Crippen molar-refractivity contribution in [2.24, 2.45) is 5.92 Å². The van der Waals surface area contributed by atoms with Gasteiger partial charge in [-0.1, -0.05) is 38.1 Å². The van der Waals surface area contributed by atoms with Gasteiger partial charge in [0, 0.05) is 23.9 Å². The fourth-order valence-electron chi connectivity index (χ4n) is 3.61. The van der Waals surface area contributed by atoms with Crippen molar-refractivity contribution in [3.8, 4) is 0 Å². The lowest BCUT2D eigenvalue weighted by atomic mass is 10.0. The molecule has 2 aromatic rings. The Balaban J connectivity index is 1.83. The van der Waals surface area contributed by atoms with E-state index in [4.69, 9.17) is 4.74 Å². The van der Waals surface area contributed by atoms with E-state index in [0.717, 1.165) is 11.1 Å². The summed E-state index contributed by atoms with van der Waals surface area (Å²) < 4.78 is 5.68. The first-order chi connectivity index (χ1) is 15.7. The number of amides is 3. The molecular formula is C24H31N5O4. The van der Waals surface area contributed by atoms with Crippen LogP contribution in [-0.2, 0) is 20.7 Å². The Morgan fingerprint density at radius 1 is 1.12 bits per heavy atom. The Bertz CT molecular complexity index is 1030. The molecule has 9 heteroatoms. The molecule has 3 N–H and O–H groups in total. The van der Waals surface area contributed by atoms with E-state index in [0.29, 0.717) is 17.9 Å². The first-order valence-electron chi connectivity index (χ1n) is 11.0. The van der Waals surface area contributed by atoms with Crippen LogP contribution in [0.5, 0.6) is 0 Å². The minimum atomic E-state index is -0.883. The number of nitrogens with zero attached hydrogens (tertiary/aromatic N) is 2. The summed E-state index contributed by atoms with van der Waals surface area (Å²) in [5, 5.41) is 8.42. The van der Waals surface area contributed by atoms with Crippen LogP contribution in [0.2, 0.25) is 0 Å². The average Bonchev–Trinajstić information content (AvgIpc) is 3.15. The van der Waals surface area contributed by atoms with E-state index in [2.05, 4.69) is 20.9 Å². The summed E-state index contributed by atoms with van der Waals surface area (Å²) in [6, 6.07) is 9.68. The zero-order chi connectivity index (χ0) is 24.1. The predicted octanol–water partition coefficient (Wildman–Crippen LogP) is 2.60. The number of fused-ring (bicyclic) bond motifs is 1. The normalized spacial score (nSPS) is 16.7. The number of aromatic nitrogens is 1. The van der Waals surface area contributed by atoms with Gasteiger partial charge >= 0.3 is 6.09 Å². The van der Waals surface area contributed by atoms with E-state index in [1.54, 1.807) is 32.3 Å². The highest BCUT2D eigenvalue weighted by atomic mass is 16.6. The van der Waals surface area contributed by atoms with Gasteiger partial charge in [-0.2, -0.15) is 0 Å². The molecule has 3 amide bonds. The highest BCUT2D eigenvalue weighted by Gasteiger charge is 2.41. The second-order valence-electron chi connectivity index (χ2n) is 8.44. The van der Waals surface area contributed by atoms with Gasteiger partial charge in [-0.05, 0) is 44.5 Å². The molecule has 1 aromatic heterocycles. The lowest BCUT2D eigenvalue weighted by molar-refractivity contribution is -0.130. The van der Waals surface area contributed by atoms with Crippen molar-refractivity contribution >= 4 is 29.4 Å².